The highest BCUT2D eigenvalue weighted by Gasteiger charge is 1.90. The first-order valence-corrected chi connectivity index (χ1v) is 6.77. The van der Waals surface area contributed by atoms with E-state index in [0.717, 1.165) is 19.3 Å². The highest BCUT2D eigenvalue weighted by atomic mass is 14.0. The van der Waals surface area contributed by atoms with Crippen LogP contribution in [0.3, 0.4) is 0 Å². The van der Waals surface area contributed by atoms with Crippen LogP contribution < -0.4 is 0 Å². The number of rotatable bonds is 8. The lowest BCUT2D eigenvalue weighted by atomic mass is 10.1. The maximum absolute atomic E-state index is 3.20. The Balaban J connectivity index is 3.00. The molecule has 0 aliphatic carbocycles. The highest BCUT2D eigenvalue weighted by molar-refractivity contribution is 4.97. The van der Waals surface area contributed by atoms with Gasteiger partial charge in [0.05, 0.1) is 0 Å². The third-order valence-corrected chi connectivity index (χ3v) is 2.58. The van der Waals surface area contributed by atoms with Gasteiger partial charge in [0.15, 0.2) is 0 Å². The molecule has 0 aromatic rings. The Kier molecular flexibility index (Phi) is 13.3. The molecule has 0 unspecified atom stereocenters. The molecular weight excluding hydrogens is 192 g/mol. The molecule has 0 saturated carbocycles. The van der Waals surface area contributed by atoms with Crippen LogP contribution in [-0.2, 0) is 0 Å². The topological polar surface area (TPSA) is 0 Å². The van der Waals surface area contributed by atoms with Gasteiger partial charge in [-0.25, -0.2) is 0 Å². The van der Waals surface area contributed by atoms with Crippen LogP contribution in [0.4, 0.5) is 0 Å². The molecule has 0 amide bonds. The van der Waals surface area contributed by atoms with Crippen LogP contribution in [0.5, 0.6) is 0 Å². The Morgan fingerprint density at radius 2 is 1.12 bits per heavy atom. The monoisotopic (exact) mass is 218 g/mol. The second-order valence-corrected chi connectivity index (χ2v) is 4.11. The Labute approximate surface area is 102 Å². The van der Waals surface area contributed by atoms with Crippen molar-refractivity contribution in [2.45, 2.75) is 78.1 Å². The molecule has 0 radical (unpaired) electrons. The van der Waals surface area contributed by atoms with Crippen LogP contribution in [0.1, 0.15) is 78.1 Å². The summed E-state index contributed by atoms with van der Waals surface area (Å²) in [6, 6.07) is 0. The molecule has 0 fully saturated rings. The molecule has 0 heterocycles. The van der Waals surface area contributed by atoms with E-state index in [2.05, 4.69) is 30.6 Å². The molecule has 0 nitrogen and oxygen atoms in total. The Bertz CT molecular complexity index is 241. The molecule has 0 aromatic heterocycles. The van der Waals surface area contributed by atoms with Gasteiger partial charge in [-0.2, -0.15) is 0 Å². The van der Waals surface area contributed by atoms with E-state index in [1.54, 1.807) is 0 Å². The van der Waals surface area contributed by atoms with Gasteiger partial charge in [0.2, 0.25) is 0 Å². The third kappa shape index (κ3) is 13.1. The average Bonchev–Trinajstić information content (AvgIpc) is 2.31. The Morgan fingerprint density at radius 1 is 0.625 bits per heavy atom. The zero-order chi connectivity index (χ0) is 11.9. The summed E-state index contributed by atoms with van der Waals surface area (Å²) in [5.41, 5.74) is 0. The van der Waals surface area contributed by atoms with E-state index in [4.69, 9.17) is 0 Å². The minimum Gasteiger partial charge on any atom is -0.107 e. The molecule has 0 saturated heterocycles. The minimum atomic E-state index is 1.00. The van der Waals surface area contributed by atoms with E-state index >= 15 is 0 Å². The fourth-order valence-electron chi connectivity index (χ4n) is 1.65. The first-order valence-electron chi connectivity index (χ1n) is 6.77. The van der Waals surface area contributed by atoms with Crippen LogP contribution in [0, 0.1) is 23.7 Å². The zero-order valence-electron chi connectivity index (χ0n) is 11.1. The molecule has 0 aliphatic rings. The van der Waals surface area contributed by atoms with Crippen LogP contribution in [-0.4, -0.2) is 0 Å². The number of hydrogen-bond donors (Lipinski definition) is 0. The van der Waals surface area contributed by atoms with Gasteiger partial charge in [0.1, 0.15) is 0 Å². The van der Waals surface area contributed by atoms with Gasteiger partial charge in [-0.05, 0) is 19.8 Å². The summed E-state index contributed by atoms with van der Waals surface area (Å²) in [7, 11) is 0. The molecule has 0 bridgehead atoms. The van der Waals surface area contributed by atoms with Gasteiger partial charge in [-0.15, -0.1) is 23.7 Å². The molecule has 0 spiro atoms. The van der Waals surface area contributed by atoms with Gasteiger partial charge in [-0.1, -0.05) is 39.0 Å². The number of unbranched alkanes of at least 4 members (excludes halogenated alkanes) is 8. The van der Waals surface area contributed by atoms with Crippen molar-refractivity contribution in [3.63, 3.8) is 0 Å². The number of hydrogen-bond acceptors (Lipinski definition) is 0. The second-order valence-electron chi connectivity index (χ2n) is 4.11. The smallest absolute Gasteiger partial charge is 0.00886 e. The standard InChI is InChI=1S/C16H26/c1-3-5-7-9-11-13-15-16-14-12-10-8-6-4-2/h3,8-16H2,1-2H3. The van der Waals surface area contributed by atoms with Gasteiger partial charge < -0.3 is 0 Å². The van der Waals surface area contributed by atoms with Crippen LogP contribution in [0.15, 0.2) is 0 Å². The summed E-state index contributed by atoms with van der Waals surface area (Å²) >= 11 is 0. The third-order valence-electron chi connectivity index (χ3n) is 2.58. The predicted octanol–water partition coefficient (Wildman–Crippen LogP) is 4.93. The molecule has 0 aromatic carbocycles. The van der Waals surface area contributed by atoms with Crippen LogP contribution >= 0.6 is 0 Å². The minimum absolute atomic E-state index is 1.00. The second kappa shape index (κ2) is 14.1. The molecule has 0 aliphatic heterocycles. The van der Waals surface area contributed by atoms with Crippen molar-refractivity contribution < 1.29 is 0 Å². The largest absolute Gasteiger partial charge is 0.107 e. The van der Waals surface area contributed by atoms with Crippen LogP contribution in [0.25, 0.3) is 0 Å². The van der Waals surface area contributed by atoms with Gasteiger partial charge in [0, 0.05) is 19.3 Å². The SMILES string of the molecule is CC#CCCCCCCCCCC#CCC. The lowest BCUT2D eigenvalue weighted by Crippen LogP contribution is -1.80. The molecule has 0 heteroatoms. The Morgan fingerprint density at radius 3 is 1.62 bits per heavy atom. The fourth-order valence-corrected chi connectivity index (χ4v) is 1.65. The van der Waals surface area contributed by atoms with Crippen molar-refractivity contribution >= 4 is 0 Å². The van der Waals surface area contributed by atoms with Crippen molar-refractivity contribution in [2.24, 2.45) is 0 Å². The molecule has 0 rings (SSSR count). The summed E-state index contributed by atoms with van der Waals surface area (Å²) < 4.78 is 0. The van der Waals surface area contributed by atoms with Crippen molar-refractivity contribution in [1.29, 1.82) is 0 Å². The van der Waals surface area contributed by atoms with E-state index in [9.17, 15) is 0 Å². The first-order chi connectivity index (χ1) is 7.91. The lowest BCUT2D eigenvalue weighted by Gasteiger charge is -1.99. The molecule has 90 valence electrons. The van der Waals surface area contributed by atoms with E-state index in [1.165, 1.54) is 44.9 Å². The lowest BCUT2D eigenvalue weighted by molar-refractivity contribution is 0.587. The summed E-state index contributed by atoms with van der Waals surface area (Å²) in [4.78, 5) is 0. The van der Waals surface area contributed by atoms with Gasteiger partial charge >= 0.3 is 0 Å². The maximum Gasteiger partial charge on any atom is 0.00886 e. The Hall–Kier alpha value is -0.880. The van der Waals surface area contributed by atoms with Crippen molar-refractivity contribution in [3.05, 3.63) is 0 Å². The van der Waals surface area contributed by atoms with E-state index < -0.39 is 0 Å². The highest BCUT2D eigenvalue weighted by Crippen LogP contribution is 2.09. The molecule has 0 atom stereocenters. The average molecular weight is 218 g/mol. The van der Waals surface area contributed by atoms with Gasteiger partial charge in [-0.3, -0.25) is 0 Å². The van der Waals surface area contributed by atoms with Crippen molar-refractivity contribution in [3.8, 4) is 23.7 Å². The first kappa shape index (κ1) is 15.1. The quantitative estimate of drug-likeness (QED) is 0.400. The molecule has 16 heavy (non-hydrogen) atoms. The van der Waals surface area contributed by atoms with E-state index in [0.29, 0.717) is 0 Å². The van der Waals surface area contributed by atoms with Gasteiger partial charge in [0.25, 0.3) is 0 Å². The summed E-state index contributed by atoms with van der Waals surface area (Å²) in [5.74, 6) is 12.4. The van der Waals surface area contributed by atoms with Crippen molar-refractivity contribution in [1.82, 2.24) is 0 Å². The van der Waals surface area contributed by atoms with E-state index in [-0.39, 0.29) is 0 Å². The van der Waals surface area contributed by atoms with Crippen molar-refractivity contribution in [2.75, 3.05) is 0 Å². The fraction of sp³-hybridized carbons (Fsp3) is 0.750. The zero-order valence-corrected chi connectivity index (χ0v) is 11.1. The predicted molar refractivity (Wildman–Crippen MR) is 73.1 cm³/mol. The maximum atomic E-state index is 3.20. The summed E-state index contributed by atoms with van der Waals surface area (Å²) in [6.07, 6.45) is 12.6. The normalized spacial score (nSPS) is 8.88. The summed E-state index contributed by atoms with van der Waals surface area (Å²) in [5, 5.41) is 0. The summed E-state index contributed by atoms with van der Waals surface area (Å²) in [6.45, 7) is 4.03. The van der Waals surface area contributed by atoms with E-state index in [1.807, 2.05) is 6.92 Å². The molecule has 0 N–H and O–H groups in total. The molecular formula is C16H26. The van der Waals surface area contributed by atoms with Crippen LogP contribution in [0.2, 0.25) is 0 Å².